The highest BCUT2D eigenvalue weighted by Crippen LogP contribution is 2.32. The molecule has 2 fully saturated rings. The molecule has 1 aromatic heterocycles. The second-order valence-electron chi connectivity index (χ2n) is 26.6. The van der Waals surface area contributed by atoms with Crippen LogP contribution >= 0.6 is 0 Å². The van der Waals surface area contributed by atoms with Crippen molar-refractivity contribution in [3.8, 4) is 5.75 Å². The van der Waals surface area contributed by atoms with Crippen molar-refractivity contribution in [1.82, 2.24) is 61.8 Å². The number of benzene rings is 4. The minimum Gasteiger partial charge on any atom is -0.497 e. The first kappa shape index (κ1) is 74.5. The number of aromatic nitrogens is 1. The maximum absolute atomic E-state index is 15.5. The molecule has 9 rings (SSSR count). The Balaban J connectivity index is 0.915. The number of aliphatic hydroxyl groups excluding tert-OH is 1. The Morgan fingerprint density at radius 3 is 2.25 bits per heavy atom. The summed E-state index contributed by atoms with van der Waals surface area (Å²) in [6.45, 7) is 5.09. The summed E-state index contributed by atoms with van der Waals surface area (Å²) in [5, 5.41) is 32.6. The van der Waals surface area contributed by atoms with E-state index in [2.05, 4.69) is 42.5 Å². The second-order valence-corrected chi connectivity index (χ2v) is 26.6. The van der Waals surface area contributed by atoms with Gasteiger partial charge in [0.25, 0.3) is 0 Å². The number of fused-ring (bicyclic) bond motifs is 12. The molecule has 1 unspecified atom stereocenters. The summed E-state index contributed by atoms with van der Waals surface area (Å²) in [4.78, 5) is 157. The Morgan fingerprint density at radius 1 is 0.760 bits per heavy atom. The largest absolute Gasteiger partial charge is 0.497 e. The van der Waals surface area contributed by atoms with E-state index in [0.29, 0.717) is 111 Å². The fourth-order valence-corrected chi connectivity index (χ4v) is 13.5. The summed E-state index contributed by atoms with van der Waals surface area (Å²) in [6.07, 6.45) is 4.53. The molecule has 9 N–H and O–H groups in total. The van der Waals surface area contributed by atoms with Crippen LogP contribution in [0, 0.1) is 5.82 Å². The van der Waals surface area contributed by atoms with Gasteiger partial charge in [0.1, 0.15) is 53.9 Å². The van der Waals surface area contributed by atoms with E-state index < -0.39 is 108 Å². The first-order valence-corrected chi connectivity index (χ1v) is 34.5. The predicted octanol–water partition coefficient (Wildman–Crippen LogP) is 2.45. The number of nitrogens with zero attached hydrogens (tertiary/aromatic N) is 4. The number of halogens is 1. The SMILES string of the molecule is COc1ccc(C[C@H](NC=O)C(=O)N2CCC[C@@]2(C)C(=O)NCCc2ccc(CN3CCCCCCn4cc(c5cc(F)ccc54)C[C@@H]4NC(=O)[C@H](Cc5cccc(c5)CNC(=O)CO[C@H]5CCCN(C4=O)C5C(=O)NC[C@@H](C)O)NC(=O)CNC(=O)[C@H](C)NC(=O)CCC3=O)cc2)cc1. The van der Waals surface area contributed by atoms with Crippen LogP contribution < -0.4 is 47.3 Å². The Morgan fingerprint density at radius 2 is 1.50 bits per heavy atom. The van der Waals surface area contributed by atoms with Gasteiger partial charge in [-0.2, -0.15) is 0 Å². The number of rotatable bonds is 15. The van der Waals surface area contributed by atoms with E-state index in [1.54, 1.807) is 66.3 Å². The maximum atomic E-state index is 15.5. The van der Waals surface area contributed by atoms with Crippen LogP contribution in [0.25, 0.3) is 10.9 Å². The number of hydrogen-bond acceptors (Lipinski definition) is 14. The molecule has 0 radical (unpaired) electrons. The summed E-state index contributed by atoms with van der Waals surface area (Å²) in [5.41, 5.74) is 3.72. The van der Waals surface area contributed by atoms with Crippen LogP contribution in [-0.2, 0) is 103 Å². The molecule has 4 aromatic carbocycles. The number of ether oxygens (including phenoxy) is 2. The van der Waals surface area contributed by atoms with E-state index in [1.165, 1.54) is 30.9 Å². The van der Waals surface area contributed by atoms with Gasteiger partial charge in [-0.15, -0.1) is 0 Å². The fraction of sp³-hybridized carbons (Fsp3) is 0.493. The third-order valence-electron chi connectivity index (χ3n) is 19.0. The number of methoxy groups -OCH3 is 1. The number of amides is 11. The molecular weight excluding hydrogens is 1290 g/mol. The van der Waals surface area contributed by atoms with Crippen molar-refractivity contribution in [3.63, 3.8) is 0 Å². The number of carbonyl (C=O) groups excluding carboxylic acids is 11. The topological polar surface area (TPSA) is 337 Å². The average Bonchev–Trinajstić information content (AvgIpc) is 1.59. The molecule has 27 heteroatoms. The summed E-state index contributed by atoms with van der Waals surface area (Å²) in [6, 6.07) is 19.9. The minimum atomic E-state index is -1.46. The lowest BCUT2D eigenvalue weighted by Gasteiger charge is -2.41. The smallest absolute Gasteiger partial charge is 0.246 e. The molecule has 11 amide bonds. The van der Waals surface area contributed by atoms with E-state index in [-0.39, 0.29) is 89.0 Å². The molecule has 0 aliphatic carbocycles. The van der Waals surface area contributed by atoms with Crippen molar-refractivity contribution >= 4 is 76.4 Å². The van der Waals surface area contributed by atoms with Gasteiger partial charge in [-0.25, -0.2) is 4.39 Å². The summed E-state index contributed by atoms with van der Waals surface area (Å²) in [5.74, 6) is -5.67. The minimum absolute atomic E-state index is 0.0285. The predicted molar refractivity (Wildman–Crippen MR) is 367 cm³/mol. The lowest BCUT2D eigenvalue weighted by atomic mass is 9.95. The van der Waals surface area contributed by atoms with Crippen LogP contribution in [0.1, 0.15) is 118 Å². The van der Waals surface area contributed by atoms with Crippen LogP contribution in [0.15, 0.2) is 97.2 Å². The van der Waals surface area contributed by atoms with Crippen molar-refractivity contribution in [1.29, 1.82) is 0 Å². The lowest BCUT2D eigenvalue weighted by Crippen LogP contribution is -2.64. The van der Waals surface area contributed by atoms with Gasteiger partial charge in [0.2, 0.25) is 65.5 Å². The van der Waals surface area contributed by atoms with Gasteiger partial charge in [0.05, 0.1) is 25.9 Å². The molecule has 5 aromatic rings. The molecule has 26 nitrogen and oxygen atoms in total. The highest BCUT2D eigenvalue weighted by Gasteiger charge is 2.48. The number of likely N-dealkylation sites (tertiary alicyclic amines) is 1. The zero-order valence-electron chi connectivity index (χ0n) is 57.2. The first-order chi connectivity index (χ1) is 48.1. The van der Waals surface area contributed by atoms with Crippen LogP contribution in [0.2, 0.25) is 0 Å². The second kappa shape index (κ2) is 35.3. The number of aryl methyl sites for hydroxylation is 1. The average molecular weight is 1380 g/mol. The first-order valence-electron chi connectivity index (χ1n) is 34.5. The Hall–Kier alpha value is -9.76. The van der Waals surface area contributed by atoms with Crippen molar-refractivity contribution in [2.24, 2.45) is 0 Å². The van der Waals surface area contributed by atoms with E-state index in [0.717, 1.165) is 16.7 Å². The van der Waals surface area contributed by atoms with Gasteiger partial charge in [-0.1, -0.05) is 73.5 Å². The number of hydrogen-bond donors (Lipinski definition) is 9. The zero-order chi connectivity index (χ0) is 71.5. The van der Waals surface area contributed by atoms with Crippen LogP contribution in [-0.4, -0.2) is 191 Å². The number of carbonyl (C=O) groups is 11. The molecule has 0 spiro atoms. The maximum Gasteiger partial charge on any atom is 0.246 e. The number of aliphatic hydroxyl groups is 1. The van der Waals surface area contributed by atoms with Gasteiger partial charge < -0.3 is 76.4 Å². The molecule has 4 aliphatic rings. The molecule has 0 saturated carbocycles. The molecular formula is C73H93FN12O14. The Bertz CT molecular complexity index is 3760. The van der Waals surface area contributed by atoms with Crippen molar-refractivity contribution in [2.45, 2.75) is 178 Å². The van der Waals surface area contributed by atoms with Crippen molar-refractivity contribution in [2.75, 3.05) is 53.0 Å². The fourth-order valence-electron chi connectivity index (χ4n) is 13.5. The third-order valence-corrected chi connectivity index (χ3v) is 19.0. The molecule has 8 bridgehead atoms. The zero-order valence-corrected chi connectivity index (χ0v) is 57.2. The lowest BCUT2D eigenvalue weighted by molar-refractivity contribution is -0.155. The van der Waals surface area contributed by atoms with E-state index in [1.807, 2.05) is 47.2 Å². The molecule has 8 atom stereocenters. The van der Waals surface area contributed by atoms with E-state index in [4.69, 9.17) is 9.47 Å². The molecule has 2 saturated heterocycles. The van der Waals surface area contributed by atoms with Gasteiger partial charge in [0.15, 0.2) is 0 Å². The summed E-state index contributed by atoms with van der Waals surface area (Å²) < 4.78 is 28.8. The van der Waals surface area contributed by atoms with Gasteiger partial charge in [-0.3, -0.25) is 52.7 Å². The van der Waals surface area contributed by atoms with Crippen LogP contribution in [0.5, 0.6) is 5.75 Å². The Kier molecular flexibility index (Phi) is 26.3. The van der Waals surface area contributed by atoms with Crippen molar-refractivity contribution < 1.29 is 71.7 Å². The number of nitrogens with one attached hydrogen (secondary N) is 8. The van der Waals surface area contributed by atoms with Crippen LogP contribution in [0.3, 0.4) is 0 Å². The molecule has 536 valence electrons. The van der Waals surface area contributed by atoms with E-state index >= 15 is 14.0 Å². The monoisotopic (exact) mass is 1380 g/mol. The summed E-state index contributed by atoms with van der Waals surface area (Å²) >= 11 is 0. The molecule has 5 heterocycles. The highest BCUT2D eigenvalue weighted by atomic mass is 19.1. The van der Waals surface area contributed by atoms with Crippen molar-refractivity contribution in [3.05, 3.63) is 136 Å². The molecule has 4 aliphatic heterocycles. The van der Waals surface area contributed by atoms with Gasteiger partial charge in [-0.05, 0) is 129 Å². The molecule has 100 heavy (non-hydrogen) atoms. The summed E-state index contributed by atoms with van der Waals surface area (Å²) in [7, 11) is 1.56. The normalized spacial score (nSPS) is 22.8. The Labute approximate surface area is 580 Å². The van der Waals surface area contributed by atoms with Gasteiger partial charge in [0, 0.05) is 102 Å². The van der Waals surface area contributed by atoms with E-state index in [9.17, 15) is 48.3 Å². The van der Waals surface area contributed by atoms with Gasteiger partial charge >= 0.3 is 0 Å². The quantitative estimate of drug-likeness (QED) is 0.0681. The third kappa shape index (κ3) is 20.0. The number of piperidine rings is 1. The van der Waals surface area contributed by atoms with Crippen LogP contribution in [0.4, 0.5) is 4.39 Å². The highest BCUT2D eigenvalue weighted by molar-refractivity contribution is 5.97. The standard InChI is InChI=1S/C73H93FN12O14/c1-46(88)39-77-69(95)66-61-14-10-32-85(66)70(96)59-37-53-43-83(60-24-21-54(74)38-56(53)60)30-7-5-6-8-31-84(42-50-17-15-48(16-18-50)27-29-75-72(98)73(3)28-11-33-86(73)71(97)58(79-45-87)35-49-19-22-55(99-4)23-20-49)65(92)26-25-62(89)80-47(2)67(93)78-41-63(90)81-57(68(94)82-59)36-51-12-9-13-52(34-51)40-76-64(91)44-100-61/h9,12-13,15-24,34,38,43,45-47,57-59,61,66,88H,5-8,10-11,14,25-33,35-37,39-42,44H2,1-4H3,(H,75,98)(H,76,91)(H,77,95)(H,78,93)(H,79,87)(H,80,89)(H,81,90)(H,82,94)/t46-,47+,57+,58+,59+,61+,66?,73+/m1/s1.